The van der Waals surface area contributed by atoms with Gasteiger partial charge in [0, 0.05) is 29.3 Å². The lowest BCUT2D eigenvalue weighted by atomic mass is 10.2. The number of nitrogens with zero attached hydrogens (tertiary/aromatic N) is 1. The minimum atomic E-state index is -0.366. The van der Waals surface area contributed by atoms with Crippen molar-refractivity contribution in [2.75, 3.05) is 35.7 Å². The fourth-order valence-corrected chi connectivity index (χ4v) is 3.85. The van der Waals surface area contributed by atoms with Crippen molar-refractivity contribution in [1.82, 2.24) is 0 Å². The van der Waals surface area contributed by atoms with E-state index in [1.807, 2.05) is 25.1 Å². The smallest absolute Gasteiger partial charge is 0.340 e. The highest BCUT2D eigenvalue weighted by atomic mass is 32.1. The first-order valence-electron chi connectivity index (χ1n) is 8.66. The number of thiophene rings is 1. The molecule has 1 aromatic carbocycles. The molecule has 0 spiro atoms. The maximum atomic E-state index is 11.9. The number of ether oxygens (including phenoxy) is 1. The van der Waals surface area contributed by atoms with Gasteiger partial charge in [-0.05, 0) is 62.8 Å². The Morgan fingerprint density at radius 1 is 1.15 bits per heavy atom. The zero-order chi connectivity index (χ0) is 19.1. The molecule has 0 atom stereocenters. The largest absolute Gasteiger partial charge is 0.465 e. The van der Waals surface area contributed by atoms with E-state index in [4.69, 9.17) is 17.0 Å². The summed E-state index contributed by atoms with van der Waals surface area (Å²) in [6, 6.07) is 9.97. The van der Waals surface area contributed by atoms with Gasteiger partial charge in [-0.1, -0.05) is 6.92 Å². The van der Waals surface area contributed by atoms with E-state index < -0.39 is 0 Å². The maximum absolute atomic E-state index is 11.9. The molecule has 0 aliphatic rings. The van der Waals surface area contributed by atoms with Gasteiger partial charge in [-0.3, -0.25) is 0 Å². The molecular formula is C19H25N3O2S2. The van der Waals surface area contributed by atoms with Crippen LogP contribution in [0.1, 0.15) is 36.0 Å². The van der Waals surface area contributed by atoms with E-state index in [-0.39, 0.29) is 5.97 Å². The minimum absolute atomic E-state index is 0.366. The molecule has 1 heterocycles. The SMILES string of the molecule is CCc1cc(C(=O)OC)c(NC(=S)Nc2ccc(N(CC)CC)cc2)s1. The van der Waals surface area contributed by atoms with Crippen LogP contribution in [0.5, 0.6) is 0 Å². The minimum Gasteiger partial charge on any atom is -0.465 e. The highest BCUT2D eigenvalue weighted by molar-refractivity contribution is 7.80. The Morgan fingerprint density at radius 2 is 1.81 bits per heavy atom. The summed E-state index contributed by atoms with van der Waals surface area (Å²) in [7, 11) is 1.38. The number of hydrogen-bond acceptors (Lipinski definition) is 5. The molecule has 1 aromatic heterocycles. The Bertz CT molecular complexity index is 753. The Labute approximate surface area is 164 Å². The van der Waals surface area contributed by atoms with Crippen molar-refractivity contribution in [2.45, 2.75) is 27.2 Å². The third-order valence-corrected chi connectivity index (χ3v) is 5.42. The molecule has 2 N–H and O–H groups in total. The van der Waals surface area contributed by atoms with E-state index in [2.05, 4.69) is 41.5 Å². The number of thiocarbonyl (C=S) groups is 1. The van der Waals surface area contributed by atoms with E-state index in [0.717, 1.165) is 30.1 Å². The van der Waals surface area contributed by atoms with Gasteiger partial charge in [0.1, 0.15) is 5.00 Å². The van der Waals surface area contributed by atoms with E-state index in [9.17, 15) is 4.79 Å². The maximum Gasteiger partial charge on any atom is 0.340 e. The van der Waals surface area contributed by atoms with Gasteiger partial charge in [-0.2, -0.15) is 0 Å². The summed E-state index contributed by atoms with van der Waals surface area (Å²) < 4.78 is 4.85. The summed E-state index contributed by atoms with van der Waals surface area (Å²) in [6.07, 6.45) is 0.851. The second-order valence-corrected chi connectivity index (χ2v) is 7.14. The number of methoxy groups -OCH3 is 1. The summed E-state index contributed by atoms with van der Waals surface area (Å²) in [4.78, 5) is 15.3. The lowest BCUT2D eigenvalue weighted by molar-refractivity contribution is 0.0602. The molecule has 0 aliphatic carbocycles. The van der Waals surface area contributed by atoms with Gasteiger partial charge in [0.15, 0.2) is 5.11 Å². The van der Waals surface area contributed by atoms with Crippen LogP contribution in [0.3, 0.4) is 0 Å². The molecular weight excluding hydrogens is 366 g/mol. The van der Waals surface area contributed by atoms with Crippen molar-refractivity contribution >= 4 is 51.0 Å². The first-order valence-corrected chi connectivity index (χ1v) is 9.88. The van der Waals surface area contributed by atoms with Gasteiger partial charge in [-0.15, -0.1) is 11.3 Å². The average Bonchev–Trinajstić information content (AvgIpc) is 3.06. The Morgan fingerprint density at radius 3 is 2.35 bits per heavy atom. The number of carbonyl (C=O) groups excluding carboxylic acids is 1. The molecule has 0 saturated heterocycles. The molecule has 7 heteroatoms. The average molecular weight is 392 g/mol. The normalized spacial score (nSPS) is 10.3. The van der Waals surface area contributed by atoms with Crippen molar-refractivity contribution in [3.05, 3.63) is 40.8 Å². The second-order valence-electron chi connectivity index (χ2n) is 5.60. The van der Waals surface area contributed by atoms with E-state index in [1.54, 1.807) is 0 Å². The van der Waals surface area contributed by atoms with Gasteiger partial charge in [0.25, 0.3) is 0 Å². The lowest BCUT2D eigenvalue weighted by Gasteiger charge is -2.21. The van der Waals surface area contributed by atoms with Gasteiger partial charge in [-0.25, -0.2) is 4.79 Å². The second kappa shape index (κ2) is 9.54. The van der Waals surface area contributed by atoms with Crippen LogP contribution in [-0.4, -0.2) is 31.3 Å². The molecule has 0 aliphatic heterocycles. The van der Waals surface area contributed by atoms with Crippen molar-refractivity contribution in [3.8, 4) is 0 Å². The summed E-state index contributed by atoms with van der Waals surface area (Å²) in [6.45, 7) is 8.26. The molecule has 0 bridgehead atoms. The van der Waals surface area contributed by atoms with Crippen LogP contribution in [-0.2, 0) is 11.2 Å². The molecule has 0 fully saturated rings. The Hall–Kier alpha value is -2.12. The number of aryl methyl sites for hydroxylation is 1. The van der Waals surface area contributed by atoms with Crippen LogP contribution in [0.15, 0.2) is 30.3 Å². The number of rotatable bonds is 7. The monoisotopic (exact) mass is 391 g/mol. The van der Waals surface area contributed by atoms with Crippen LogP contribution < -0.4 is 15.5 Å². The van der Waals surface area contributed by atoms with Crippen molar-refractivity contribution in [2.24, 2.45) is 0 Å². The predicted octanol–water partition coefficient (Wildman–Crippen LogP) is 4.75. The fraction of sp³-hybridized carbons (Fsp3) is 0.368. The summed E-state index contributed by atoms with van der Waals surface area (Å²) in [5.74, 6) is -0.366. The van der Waals surface area contributed by atoms with Crippen molar-refractivity contribution < 1.29 is 9.53 Å². The van der Waals surface area contributed by atoms with Crippen molar-refractivity contribution in [1.29, 1.82) is 0 Å². The molecule has 2 aromatic rings. The molecule has 0 unspecified atom stereocenters. The molecule has 26 heavy (non-hydrogen) atoms. The number of esters is 1. The fourth-order valence-electron chi connectivity index (χ4n) is 2.58. The number of nitrogens with one attached hydrogen (secondary N) is 2. The zero-order valence-corrected chi connectivity index (χ0v) is 17.2. The lowest BCUT2D eigenvalue weighted by Crippen LogP contribution is -2.22. The zero-order valence-electron chi connectivity index (χ0n) is 15.6. The van der Waals surface area contributed by atoms with E-state index >= 15 is 0 Å². The van der Waals surface area contributed by atoms with Crippen LogP contribution >= 0.6 is 23.6 Å². The molecule has 0 saturated carbocycles. The highest BCUT2D eigenvalue weighted by Gasteiger charge is 2.17. The van der Waals surface area contributed by atoms with E-state index in [0.29, 0.717) is 15.7 Å². The van der Waals surface area contributed by atoms with Gasteiger partial charge < -0.3 is 20.3 Å². The number of hydrogen-bond donors (Lipinski definition) is 2. The first-order chi connectivity index (χ1) is 12.5. The molecule has 0 amide bonds. The Kier molecular flexibility index (Phi) is 7.41. The molecule has 5 nitrogen and oxygen atoms in total. The quantitative estimate of drug-likeness (QED) is 0.525. The van der Waals surface area contributed by atoms with Gasteiger partial charge >= 0.3 is 5.97 Å². The predicted molar refractivity (Wildman–Crippen MR) is 115 cm³/mol. The summed E-state index contributed by atoms with van der Waals surface area (Å²) in [5, 5.41) is 7.42. The van der Waals surface area contributed by atoms with Crippen molar-refractivity contribution in [3.63, 3.8) is 0 Å². The summed E-state index contributed by atoms with van der Waals surface area (Å²) in [5.41, 5.74) is 2.58. The molecule has 2 rings (SSSR count). The highest BCUT2D eigenvalue weighted by Crippen LogP contribution is 2.29. The van der Waals surface area contributed by atoms with Crippen LogP contribution in [0.25, 0.3) is 0 Å². The molecule has 140 valence electrons. The number of carbonyl (C=O) groups is 1. The third kappa shape index (κ3) is 4.95. The first kappa shape index (κ1) is 20.2. The Balaban J connectivity index is 2.07. The van der Waals surface area contributed by atoms with Crippen LogP contribution in [0.4, 0.5) is 16.4 Å². The number of anilines is 3. The van der Waals surface area contributed by atoms with Gasteiger partial charge in [0.05, 0.1) is 12.7 Å². The number of benzene rings is 1. The van der Waals surface area contributed by atoms with Gasteiger partial charge in [0.2, 0.25) is 0 Å². The standard InChI is InChI=1S/C19H25N3O2S2/c1-5-15-12-16(18(23)24-4)17(26-15)21-19(25)20-13-8-10-14(11-9-13)22(6-2)7-3/h8-12H,5-7H2,1-4H3,(H2,20,21,25). The van der Waals surface area contributed by atoms with Crippen LogP contribution in [0, 0.1) is 0 Å². The topological polar surface area (TPSA) is 53.6 Å². The molecule has 0 radical (unpaired) electrons. The summed E-state index contributed by atoms with van der Waals surface area (Å²) >= 11 is 6.91. The van der Waals surface area contributed by atoms with E-state index in [1.165, 1.54) is 24.1 Å². The third-order valence-electron chi connectivity index (χ3n) is 4.02. The van der Waals surface area contributed by atoms with Crippen LogP contribution in [0.2, 0.25) is 0 Å².